The van der Waals surface area contributed by atoms with Crippen LogP contribution in [0.1, 0.15) is 20.3 Å². The minimum absolute atomic E-state index is 0.584. The van der Waals surface area contributed by atoms with Crippen molar-refractivity contribution in [2.75, 3.05) is 35.6 Å². The minimum atomic E-state index is 0.584. The molecular weight excluding hydrogens is 268 g/mol. The molecule has 0 aliphatic heterocycles. The Morgan fingerprint density at radius 3 is 2.10 bits per heavy atom. The SMILES string of the molecule is CCNc1nc(NCC)nc(NCCCn2ccnc2)n1. The zero-order valence-electron chi connectivity index (χ0n) is 12.5. The number of nitrogens with zero attached hydrogens (tertiary/aromatic N) is 5. The molecule has 2 heterocycles. The van der Waals surface area contributed by atoms with Crippen molar-refractivity contribution in [2.45, 2.75) is 26.8 Å². The summed E-state index contributed by atoms with van der Waals surface area (Å²) in [6.07, 6.45) is 6.52. The smallest absolute Gasteiger partial charge is 0.229 e. The van der Waals surface area contributed by atoms with E-state index in [1.807, 2.05) is 30.9 Å². The van der Waals surface area contributed by atoms with Gasteiger partial charge in [-0.25, -0.2) is 4.98 Å². The van der Waals surface area contributed by atoms with Crippen LogP contribution in [0.25, 0.3) is 0 Å². The Labute approximate surface area is 124 Å². The first-order valence-corrected chi connectivity index (χ1v) is 7.25. The Kier molecular flexibility index (Phi) is 5.74. The molecule has 21 heavy (non-hydrogen) atoms. The maximum Gasteiger partial charge on any atom is 0.229 e. The summed E-state index contributed by atoms with van der Waals surface area (Å²) in [5.74, 6) is 1.75. The lowest BCUT2D eigenvalue weighted by Crippen LogP contribution is -2.13. The van der Waals surface area contributed by atoms with Crippen molar-refractivity contribution in [1.29, 1.82) is 0 Å². The first-order chi connectivity index (χ1) is 10.3. The second-order valence-corrected chi connectivity index (χ2v) is 4.45. The third-order valence-corrected chi connectivity index (χ3v) is 2.74. The van der Waals surface area contributed by atoms with Crippen molar-refractivity contribution in [3.05, 3.63) is 18.7 Å². The van der Waals surface area contributed by atoms with Gasteiger partial charge in [0.1, 0.15) is 0 Å². The average molecular weight is 290 g/mol. The van der Waals surface area contributed by atoms with Gasteiger partial charge in [0.05, 0.1) is 6.33 Å². The molecule has 8 nitrogen and oxygen atoms in total. The van der Waals surface area contributed by atoms with Gasteiger partial charge in [0.15, 0.2) is 0 Å². The van der Waals surface area contributed by atoms with Gasteiger partial charge < -0.3 is 20.5 Å². The lowest BCUT2D eigenvalue weighted by atomic mass is 10.4. The summed E-state index contributed by atoms with van der Waals surface area (Å²) in [5, 5.41) is 9.44. The fourth-order valence-corrected chi connectivity index (χ4v) is 1.81. The van der Waals surface area contributed by atoms with Gasteiger partial charge in [-0.3, -0.25) is 0 Å². The van der Waals surface area contributed by atoms with E-state index in [2.05, 4.69) is 35.9 Å². The molecule has 8 heteroatoms. The van der Waals surface area contributed by atoms with Crippen molar-refractivity contribution >= 4 is 17.8 Å². The topological polar surface area (TPSA) is 92.6 Å². The summed E-state index contributed by atoms with van der Waals surface area (Å²) in [6.45, 7) is 7.27. The molecule has 0 fully saturated rings. The molecule has 0 unspecified atom stereocenters. The summed E-state index contributed by atoms with van der Waals surface area (Å²) in [4.78, 5) is 17.0. The van der Waals surface area contributed by atoms with Gasteiger partial charge in [-0.05, 0) is 20.3 Å². The highest BCUT2D eigenvalue weighted by molar-refractivity contribution is 5.41. The van der Waals surface area contributed by atoms with Crippen molar-refractivity contribution in [3.8, 4) is 0 Å². The van der Waals surface area contributed by atoms with Crippen molar-refractivity contribution < 1.29 is 0 Å². The Bertz CT molecular complexity index is 501. The maximum absolute atomic E-state index is 4.34. The molecule has 2 aromatic heterocycles. The first-order valence-electron chi connectivity index (χ1n) is 7.25. The molecule has 0 radical (unpaired) electrons. The van der Waals surface area contributed by atoms with E-state index in [4.69, 9.17) is 0 Å². The summed E-state index contributed by atoms with van der Waals surface area (Å²) < 4.78 is 2.04. The Morgan fingerprint density at radius 2 is 1.57 bits per heavy atom. The molecule has 0 spiro atoms. The van der Waals surface area contributed by atoms with Crippen LogP contribution >= 0.6 is 0 Å². The van der Waals surface area contributed by atoms with Crippen molar-refractivity contribution in [3.63, 3.8) is 0 Å². The van der Waals surface area contributed by atoms with E-state index in [1.54, 1.807) is 6.20 Å². The number of aryl methyl sites for hydroxylation is 1. The molecule has 0 amide bonds. The molecule has 2 rings (SSSR count). The molecule has 114 valence electrons. The van der Waals surface area contributed by atoms with E-state index in [9.17, 15) is 0 Å². The van der Waals surface area contributed by atoms with Gasteiger partial charge in [-0.1, -0.05) is 0 Å². The standard InChI is InChI=1S/C13H22N8/c1-3-15-11-18-12(16-4-2)20-13(19-11)17-6-5-8-21-9-7-14-10-21/h7,9-10H,3-6,8H2,1-2H3,(H3,15,16,17,18,19,20). The molecule has 0 aliphatic rings. The third-order valence-electron chi connectivity index (χ3n) is 2.74. The van der Waals surface area contributed by atoms with Gasteiger partial charge in [0.2, 0.25) is 17.8 Å². The van der Waals surface area contributed by atoms with Crippen LogP contribution in [0, 0.1) is 0 Å². The van der Waals surface area contributed by atoms with Crippen molar-refractivity contribution in [2.24, 2.45) is 0 Å². The van der Waals surface area contributed by atoms with Crippen LogP contribution in [0.2, 0.25) is 0 Å². The fourth-order valence-electron chi connectivity index (χ4n) is 1.81. The predicted octanol–water partition coefficient (Wildman–Crippen LogP) is 1.43. The molecule has 0 bridgehead atoms. The van der Waals surface area contributed by atoms with E-state index in [-0.39, 0.29) is 0 Å². The summed E-state index contributed by atoms with van der Waals surface area (Å²) in [5.41, 5.74) is 0. The summed E-state index contributed by atoms with van der Waals surface area (Å²) in [6, 6.07) is 0. The minimum Gasteiger partial charge on any atom is -0.354 e. The van der Waals surface area contributed by atoms with Crippen LogP contribution in [0.3, 0.4) is 0 Å². The first kappa shape index (κ1) is 15.0. The molecule has 0 saturated heterocycles. The lowest BCUT2D eigenvalue weighted by Gasteiger charge is -2.10. The zero-order valence-corrected chi connectivity index (χ0v) is 12.5. The average Bonchev–Trinajstić information content (AvgIpc) is 2.97. The van der Waals surface area contributed by atoms with Gasteiger partial charge in [-0.15, -0.1) is 0 Å². The van der Waals surface area contributed by atoms with Gasteiger partial charge in [0.25, 0.3) is 0 Å². The Morgan fingerprint density at radius 1 is 0.952 bits per heavy atom. The van der Waals surface area contributed by atoms with Gasteiger partial charge in [-0.2, -0.15) is 15.0 Å². The van der Waals surface area contributed by atoms with Crippen LogP contribution in [0.4, 0.5) is 17.8 Å². The quantitative estimate of drug-likeness (QED) is 0.602. The number of imidazole rings is 1. The highest BCUT2D eigenvalue weighted by Gasteiger charge is 2.04. The van der Waals surface area contributed by atoms with Crippen LogP contribution in [-0.2, 0) is 6.54 Å². The van der Waals surface area contributed by atoms with E-state index in [0.29, 0.717) is 17.8 Å². The number of aromatic nitrogens is 5. The Hall–Kier alpha value is -2.38. The van der Waals surface area contributed by atoms with E-state index in [1.165, 1.54) is 0 Å². The Balaban J connectivity index is 1.88. The molecule has 0 saturated carbocycles. The molecular formula is C13H22N8. The molecule has 0 atom stereocenters. The van der Waals surface area contributed by atoms with Crippen LogP contribution < -0.4 is 16.0 Å². The number of anilines is 3. The number of hydrogen-bond acceptors (Lipinski definition) is 7. The molecule has 3 N–H and O–H groups in total. The van der Waals surface area contributed by atoms with Crippen molar-refractivity contribution in [1.82, 2.24) is 24.5 Å². The van der Waals surface area contributed by atoms with E-state index < -0.39 is 0 Å². The largest absolute Gasteiger partial charge is 0.354 e. The second kappa shape index (κ2) is 8.03. The van der Waals surface area contributed by atoms with Crippen LogP contribution in [-0.4, -0.2) is 44.1 Å². The molecule has 2 aromatic rings. The molecule has 0 aromatic carbocycles. The van der Waals surface area contributed by atoms with E-state index >= 15 is 0 Å². The maximum atomic E-state index is 4.34. The second-order valence-electron chi connectivity index (χ2n) is 4.45. The number of nitrogens with one attached hydrogen (secondary N) is 3. The third kappa shape index (κ3) is 4.90. The summed E-state index contributed by atoms with van der Waals surface area (Å²) >= 11 is 0. The van der Waals surface area contributed by atoms with Crippen LogP contribution in [0.5, 0.6) is 0 Å². The number of hydrogen-bond donors (Lipinski definition) is 3. The van der Waals surface area contributed by atoms with E-state index in [0.717, 1.165) is 32.6 Å². The molecule has 0 aliphatic carbocycles. The zero-order chi connectivity index (χ0) is 14.9. The van der Waals surface area contributed by atoms with Gasteiger partial charge in [0, 0.05) is 38.6 Å². The van der Waals surface area contributed by atoms with Crippen LogP contribution in [0.15, 0.2) is 18.7 Å². The highest BCUT2D eigenvalue weighted by Crippen LogP contribution is 2.09. The predicted molar refractivity (Wildman–Crippen MR) is 83.5 cm³/mol. The lowest BCUT2D eigenvalue weighted by molar-refractivity contribution is 0.659. The highest BCUT2D eigenvalue weighted by atomic mass is 15.3. The normalized spacial score (nSPS) is 10.4. The van der Waals surface area contributed by atoms with Gasteiger partial charge >= 0.3 is 0 Å². The summed E-state index contributed by atoms with van der Waals surface area (Å²) in [7, 11) is 0. The monoisotopic (exact) mass is 290 g/mol. The fraction of sp³-hybridized carbons (Fsp3) is 0.538. The number of rotatable bonds is 9.